The molecule has 2 N–H and O–H groups in total. The van der Waals surface area contributed by atoms with Crippen LogP contribution in [0.5, 0.6) is 11.5 Å². The summed E-state index contributed by atoms with van der Waals surface area (Å²) < 4.78 is 5.39. The van der Waals surface area contributed by atoms with E-state index in [1.165, 1.54) is 12.8 Å². The number of nitrogens with one attached hydrogen (secondary N) is 1. The molecule has 1 aliphatic heterocycles. The molecule has 1 saturated heterocycles. The van der Waals surface area contributed by atoms with Gasteiger partial charge >= 0.3 is 0 Å². The molecule has 2 rings (SSSR count). The molecule has 1 aromatic carbocycles. The van der Waals surface area contributed by atoms with Gasteiger partial charge < -0.3 is 15.2 Å². The van der Waals surface area contributed by atoms with E-state index in [9.17, 15) is 5.11 Å². The van der Waals surface area contributed by atoms with Gasteiger partial charge in [0, 0.05) is 11.6 Å². The van der Waals surface area contributed by atoms with E-state index >= 15 is 0 Å². The lowest BCUT2D eigenvalue weighted by molar-refractivity contribution is 0.312. The van der Waals surface area contributed by atoms with Crippen LogP contribution in [-0.2, 0) is 0 Å². The predicted molar refractivity (Wildman–Crippen MR) is 71.1 cm³/mol. The van der Waals surface area contributed by atoms with Crippen LogP contribution in [0.1, 0.15) is 37.8 Å². The number of aromatic hydroxyl groups is 1. The molecule has 1 fully saturated rings. The molecule has 1 atom stereocenters. The van der Waals surface area contributed by atoms with E-state index in [2.05, 4.69) is 5.32 Å². The fraction of sp³-hybridized carbons (Fsp3) is 0.538. The smallest absolute Gasteiger partial charge is 0.162 e. The van der Waals surface area contributed by atoms with Crippen molar-refractivity contribution < 1.29 is 9.84 Å². The zero-order chi connectivity index (χ0) is 11.4. The minimum absolute atomic E-state index is 0. The normalized spacial score (nSPS) is 19.5. The van der Waals surface area contributed by atoms with Gasteiger partial charge in [-0.2, -0.15) is 0 Å². The molecule has 0 spiro atoms. The topological polar surface area (TPSA) is 41.5 Å². The Hall–Kier alpha value is -0.930. The summed E-state index contributed by atoms with van der Waals surface area (Å²) in [5.74, 6) is 0.885. The summed E-state index contributed by atoms with van der Waals surface area (Å²) in [6.45, 7) is 3.53. The van der Waals surface area contributed by atoms with Crippen LogP contribution in [0.4, 0.5) is 0 Å². The standard InChI is InChI=1S/C13H19NO2.ClH/c1-2-16-12-8-5-6-10(13(12)15)11-7-3-4-9-14-11;/h5-6,8,11,14-15H,2-4,7,9H2,1H3;1H/t11-;/m0./s1. The first-order chi connectivity index (χ1) is 7.83. The van der Waals surface area contributed by atoms with E-state index in [1.807, 2.05) is 25.1 Å². The summed E-state index contributed by atoms with van der Waals surface area (Å²) in [5.41, 5.74) is 0.964. The predicted octanol–water partition coefficient (Wildman–Crippen LogP) is 3.03. The summed E-state index contributed by atoms with van der Waals surface area (Å²) in [6, 6.07) is 6.00. The Bertz CT molecular complexity index is 351. The van der Waals surface area contributed by atoms with Crippen molar-refractivity contribution in [2.75, 3.05) is 13.2 Å². The maximum Gasteiger partial charge on any atom is 0.162 e. The SMILES string of the molecule is CCOc1cccc([C@@H]2CCCCN2)c1O.Cl. The molecule has 3 nitrogen and oxygen atoms in total. The van der Waals surface area contributed by atoms with Crippen molar-refractivity contribution in [3.8, 4) is 11.5 Å². The number of piperidine rings is 1. The van der Waals surface area contributed by atoms with Crippen molar-refractivity contribution in [1.29, 1.82) is 0 Å². The molecular formula is C13H20ClNO2. The Labute approximate surface area is 109 Å². The summed E-state index contributed by atoms with van der Waals surface area (Å²) in [6.07, 6.45) is 3.53. The van der Waals surface area contributed by atoms with Crippen LogP contribution in [0, 0.1) is 0 Å². The van der Waals surface area contributed by atoms with Crippen molar-refractivity contribution in [1.82, 2.24) is 5.32 Å². The summed E-state index contributed by atoms with van der Waals surface area (Å²) >= 11 is 0. The van der Waals surface area contributed by atoms with E-state index < -0.39 is 0 Å². The van der Waals surface area contributed by atoms with Crippen molar-refractivity contribution in [2.24, 2.45) is 0 Å². The molecule has 0 bridgehead atoms. The second-order valence-corrected chi connectivity index (χ2v) is 4.13. The molecule has 0 unspecified atom stereocenters. The van der Waals surface area contributed by atoms with Gasteiger partial charge in [0.2, 0.25) is 0 Å². The largest absolute Gasteiger partial charge is 0.504 e. The van der Waals surface area contributed by atoms with E-state index in [-0.39, 0.29) is 18.4 Å². The number of phenolic OH excluding ortho intramolecular Hbond substituents is 1. The monoisotopic (exact) mass is 257 g/mol. The van der Waals surface area contributed by atoms with Gasteiger partial charge in [-0.25, -0.2) is 0 Å². The highest BCUT2D eigenvalue weighted by Crippen LogP contribution is 2.36. The number of para-hydroxylation sites is 1. The van der Waals surface area contributed by atoms with Gasteiger partial charge in [-0.05, 0) is 32.4 Å². The van der Waals surface area contributed by atoms with Crippen LogP contribution in [0.25, 0.3) is 0 Å². The Kier molecular flexibility index (Phi) is 5.59. The van der Waals surface area contributed by atoms with E-state index in [0.29, 0.717) is 18.1 Å². The van der Waals surface area contributed by atoms with Crippen molar-refractivity contribution >= 4 is 12.4 Å². The second-order valence-electron chi connectivity index (χ2n) is 4.13. The van der Waals surface area contributed by atoms with E-state index in [0.717, 1.165) is 18.5 Å². The zero-order valence-electron chi connectivity index (χ0n) is 10.1. The van der Waals surface area contributed by atoms with Crippen LogP contribution < -0.4 is 10.1 Å². The number of halogens is 1. The minimum Gasteiger partial charge on any atom is -0.504 e. The third-order valence-electron chi connectivity index (χ3n) is 3.02. The van der Waals surface area contributed by atoms with E-state index in [1.54, 1.807) is 0 Å². The third kappa shape index (κ3) is 3.27. The Morgan fingerprint density at radius 3 is 2.88 bits per heavy atom. The summed E-state index contributed by atoms with van der Waals surface area (Å²) in [4.78, 5) is 0. The molecular weight excluding hydrogens is 238 g/mol. The molecule has 96 valence electrons. The highest BCUT2D eigenvalue weighted by atomic mass is 35.5. The first-order valence-corrected chi connectivity index (χ1v) is 6.01. The van der Waals surface area contributed by atoms with Crippen molar-refractivity contribution in [2.45, 2.75) is 32.2 Å². The molecule has 0 aromatic heterocycles. The molecule has 0 saturated carbocycles. The lowest BCUT2D eigenvalue weighted by atomic mass is 9.96. The van der Waals surface area contributed by atoms with Gasteiger partial charge in [0.15, 0.2) is 11.5 Å². The summed E-state index contributed by atoms with van der Waals surface area (Å²) in [7, 11) is 0. The molecule has 0 aliphatic carbocycles. The van der Waals surface area contributed by atoms with Gasteiger partial charge in [0.25, 0.3) is 0 Å². The maximum atomic E-state index is 10.1. The first-order valence-electron chi connectivity index (χ1n) is 6.01. The zero-order valence-corrected chi connectivity index (χ0v) is 10.9. The lowest BCUT2D eigenvalue weighted by Crippen LogP contribution is -2.26. The van der Waals surface area contributed by atoms with Gasteiger partial charge in [-0.15, -0.1) is 12.4 Å². The van der Waals surface area contributed by atoms with Crippen LogP contribution in [0.15, 0.2) is 18.2 Å². The number of hydrogen-bond acceptors (Lipinski definition) is 3. The van der Waals surface area contributed by atoms with Gasteiger partial charge in [0.1, 0.15) is 0 Å². The van der Waals surface area contributed by atoms with E-state index in [4.69, 9.17) is 4.74 Å². The fourth-order valence-corrected chi connectivity index (χ4v) is 2.21. The lowest BCUT2D eigenvalue weighted by Gasteiger charge is -2.25. The molecule has 0 amide bonds. The van der Waals surface area contributed by atoms with Crippen LogP contribution in [0.2, 0.25) is 0 Å². The first kappa shape index (κ1) is 14.1. The number of hydrogen-bond donors (Lipinski definition) is 2. The van der Waals surface area contributed by atoms with Crippen LogP contribution in [-0.4, -0.2) is 18.3 Å². The summed E-state index contributed by atoms with van der Waals surface area (Å²) in [5, 5.41) is 13.5. The number of rotatable bonds is 3. The maximum absolute atomic E-state index is 10.1. The Morgan fingerprint density at radius 1 is 1.41 bits per heavy atom. The average Bonchev–Trinajstić information content (AvgIpc) is 2.33. The minimum atomic E-state index is 0. The van der Waals surface area contributed by atoms with Gasteiger partial charge in [0.05, 0.1) is 6.61 Å². The Morgan fingerprint density at radius 2 is 2.24 bits per heavy atom. The third-order valence-corrected chi connectivity index (χ3v) is 3.02. The number of phenols is 1. The number of ether oxygens (including phenoxy) is 1. The fourth-order valence-electron chi connectivity index (χ4n) is 2.21. The number of benzene rings is 1. The molecule has 1 aliphatic rings. The quantitative estimate of drug-likeness (QED) is 0.875. The average molecular weight is 258 g/mol. The highest BCUT2D eigenvalue weighted by Gasteiger charge is 2.19. The highest BCUT2D eigenvalue weighted by molar-refractivity contribution is 5.85. The van der Waals surface area contributed by atoms with Crippen molar-refractivity contribution in [3.05, 3.63) is 23.8 Å². The Balaban J connectivity index is 0.00000144. The molecule has 0 radical (unpaired) electrons. The van der Waals surface area contributed by atoms with Crippen LogP contribution in [0.3, 0.4) is 0 Å². The molecule has 1 aromatic rings. The van der Waals surface area contributed by atoms with Crippen LogP contribution >= 0.6 is 12.4 Å². The second kappa shape index (κ2) is 6.72. The van der Waals surface area contributed by atoms with Gasteiger partial charge in [-0.3, -0.25) is 0 Å². The van der Waals surface area contributed by atoms with Crippen molar-refractivity contribution in [3.63, 3.8) is 0 Å². The molecule has 4 heteroatoms. The molecule has 17 heavy (non-hydrogen) atoms. The molecule has 1 heterocycles. The van der Waals surface area contributed by atoms with Gasteiger partial charge in [-0.1, -0.05) is 18.6 Å².